The van der Waals surface area contributed by atoms with Gasteiger partial charge in [0.05, 0.1) is 13.7 Å². The van der Waals surface area contributed by atoms with Gasteiger partial charge in [-0.1, -0.05) is 25.1 Å². The van der Waals surface area contributed by atoms with Gasteiger partial charge < -0.3 is 15.2 Å². The van der Waals surface area contributed by atoms with Gasteiger partial charge in [0.15, 0.2) is 0 Å². The summed E-state index contributed by atoms with van der Waals surface area (Å²) in [5, 5.41) is 12.6. The van der Waals surface area contributed by atoms with E-state index in [1.807, 2.05) is 25.1 Å². The highest BCUT2D eigenvalue weighted by Crippen LogP contribution is 2.27. The Kier molecular flexibility index (Phi) is 6.84. The van der Waals surface area contributed by atoms with Gasteiger partial charge >= 0.3 is 0 Å². The van der Waals surface area contributed by atoms with E-state index in [-0.39, 0.29) is 18.7 Å². The van der Waals surface area contributed by atoms with Crippen molar-refractivity contribution in [2.75, 3.05) is 33.9 Å². The van der Waals surface area contributed by atoms with Crippen molar-refractivity contribution in [1.82, 2.24) is 10.2 Å². The number of nitrogens with zero attached hydrogens (tertiary/aromatic N) is 1. The molecule has 1 aromatic carbocycles. The Hall–Kier alpha value is -1.10. The number of benzene rings is 1. The molecular weight excluding hydrogens is 240 g/mol. The summed E-state index contributed by atoms with van der Waals surface area (Å²) in [7, 11) is 3.76. The van der Waals surface area contributed by atoms with Gasteiger partial charge in [-0.25, -0.2) is 0 Å². The molecule has 19 heavy (non-hydrogen) atoms. The molecule has 0 unspecified atom stereocenters. The molecular formula is C15H26N2O2. The molecule has 0 saturated heterocycles. The summed E-state index contributed by atoms with van der Waals surface area (Å²) in [6, 6.07) is 8.41. The normalized spacial score (nSPS) is 14.4. The van der Waals surface area contributed by atoms with E-state index in [0.717, 1.165) is 18.8 Å². The second-order valence-electron chi connectivity index (χ2n) is 4.79. The quantitative estimate of drug-likeness (QED) is 0.751. The van der Waals surface area contributed by atoms with Crippen molar-refractivity contribution in [2.45, 2.75) is 25.9 Å². The first kappa shape index (κ1) is 16.0. The van der Waals surface area contributed by atoms with E-state index in [2.05, 4.69) is 30.3 Å². The number of aliphatic hydroxyl groups excluding tert-OH is 1. The Bertz CT molecular complexity index is 371. The molecule has 4 heteroatoms. The molecule has 2 N–H and O–H groups in total. The first-order valence-corrected chi connectivity index (χ1v) is 6.81. The minimum Gasteiger partial charge on any atom is -0.496 e. The molecule has 0 saturated carbocycles. The molecule has 1 aromatic rings. The lowest BCUT2D eigenvalue weighted by molar-refractivity contribution is 0.175. The smallest absolute Gasteiger partial charge is 0.123 e. The lowest BCUT2D eigenvalue weighted by Crippen LogP contribution is -2.42. The maximum absolute atomic E-state index is 9.35. The lowest BCUT2D eigenvalue weighted by atomic mass is 10.1. The topological polar surface area (TPSA) is 44.7 Å². The zero-order valence-corrected chi connectivity index (χ0v) is 12.4. The predicted molar refractivity (Wildman–Crippen MR) is 78.6 cm³/mol. The van der Waals surface area contributed by atoms with Crippen molar-refractivity contribution in [3.8, 4) is 5.75 Å². The highest BCUT2D eigenvalue weighted by Gasteiger charge is 2.18. The van der Waals surface area contributed by atoms with Gasteiger partial charge in [0.1, 0.15) is 5.75 Å². The summed E-state index contributed by atoms with van der Waals surface area (Å²) < 4.78 is 5.40. The molecule has 1 rings (SSSR count). The Labute approximate surface area is 116 Å². The van der Waals surface area contributed by atoms with Gasteiger partial charge in [-0.2, -0.15) is 0 Å². The van der Waals surface area contributed by atoms with E-state index in [0.29, 0.717) is 0 Å². The van der Waals surface area contributed by atoms with E-state index in [1.165, 1.54) is 5.56 Å². The van der Waals surface area contributed by atoms with E-state index in [9.17, 15) is 5.11 Å². The fraction of sp³-hybridized carbons (Fsp3) is 0.600. The molecule has 0 aromatic heterocycles. The number of methoxy groups -OCH3 is 1. The number of ether oxygens (including phenoxy) is 1. The number of nitrogens with one attached hydrogen (secondary N) is 1. The Morgan fingerprint density at radius 2 is 2.05 bits per heavy atom. The summed E-state index contributed by atoms with van der Waals surface area (Å²) in [6.07, 6.45) is 0. The number of hydrogen-bond acceptors (Lipinski definition) is 4. The third kappa shape index (κ3) is 4.49. The minimum absolute atomic E-state index is 0.104. The molecule has 0 aliphatic rings. The van der Waals surface area contributed by atoms with Gasteiger partial charge in [0.25, 0.3) is 0 Å². The van der Waals surface area contributed by atoms with Crippen LogP contribution in [0.5, 0.6) is 5.75 Å². The van der Waals surface area contributed by atoms with Crippen LogP contribution in [-0.4, -0.2) is 49.9 Å². The number of hydrogen-bond donors (Lipinski definition) is 2. The van der Waals surface area contributed by atoms with Gasteiger partial charge in [-0.15, -0.1) is 0 Å². The van der Waals surface area contributed by atoms with Crippen LogP contribution in [-0.2, 0) is 0 Å². The number of likely N-dealkylation sites (N-methyl/N-ethyl adjacent to an activating group) is 2. The predicted octanol–water partition coefficient (Wildman–Crippen LogP) is 1.66. The maximum atomic E-state index is 9.35. The number of para-hydroxylation sites is 1. The molecule has 0 radical (unpaired) electrons. The summed E-state index contributed by atoms with van der Waals surface area (Å²) in [5.41, 5.74) is 1.17. The minimum atomic E-state index is 0.104. The second kappa shape index (κ2) is 8.15. The zero-order valence-electron chi connectivity index (χ0n) is 12.4. The van der Waals surface area contributed by atoms with Crippen molar-refractivity contribution >= 4 is 0 Å². The molecule has 0 amide bonds. The van der Waals surface area contributed by atoms with Crippen LogP contribution in [0.3, 0.4) is 0 Å². The fourth-order valence-corrected chi connectivity index (χ4v) is 2.23. The Morgan fingerprint density at radius 1 is 1.37 bits per heavy atom. The van der Waals surface area contributed by atoms with Crippen molar-refractivity contribution < 1.29 is 9.84 Å². The molecule has 0 heterocycles. The van der Waals surface area contributed by atoms with Crippen LogP contribution in [0.4, 0.5) is 0 Å². The summed E-state index contributed by atoms with van der Waals surface area (Å²) in [5.74, 6) is 0.908. The average Bonchev–Trinajstić information content (AvgIpc) is 2.45. The van der Waals surface area contributed by atoms with Crippen LogP contribution >= 0.6 is 0 Å². The monoisotopic (exact) mass is 266 g/mol. The second-order valence-corrected chi connectivity index (χ2v) is 4.79. The standard InChI is InChI=1S/C15H26N2O2/c1-5-16-13(11-18)10-17(3)12(2)14-8-6-7-9-15(14)19-4/h6-9,12-13,16,18H,5,10-11H2,1-4H3/t12-,13+/m0/s1. The van der Waals surface area contributed by atoms with Crippen LogP contribution in [0.25, 0.3) is 0 Å². The third-order valence-corrected chi connectivity index (χ3v) is 3.47. The first-order chi connectivity index (χ1) is 9.13. The van der Waals surface area contributed by atoms with Crippen LogP contribution < -0.4 is 10.1 Å². The highest BCUT2D eigenvalue weighted by molar-refractivity contribution is 5.35. The first-order valence-electron chi connectivity index (χ1n) is 6.81. The number of rotatable bonds is 8. The summed E-state index contributed by atoms with van der Waals surface area (Å²) in [4.78, 5) is 2.22. The molecule has 2 atom stereocenters. The van der Waals surface area contributed by atoms with Gasteiger partial charge in [-0.05, 0) is 26.6 Å². The van der Waals surface area contributed by atoms with Crippen molar-refractivity contribution in [1.29, 1.82) is 0 Å². The van der Waals surface area contributed by atoms with Crippen LogP contribution in [0, 0.1) is 0 Å². The van der Waals surface area contributed by atoms with Gasteiger partial charge in [0, 0.05) is 24.2 Å². The molecule has 0 fully saturated rings. The molecule has 0 aliphatic heterocycles. The van der Waals surface area contributed by atoms with Gasteiger partial charge in [-0.3, -0.25) is 4.90 Å². The van der Waals surface area contributed by atoms with Gasteiger partial charge in [0.2, 0.25) is 0 Å². The molecule has 108 valence electrons. The van der Waals surface area contributed by atoms with Crippen LogP contribution in [0.2, 0.25) is 0 Å². The molecule has 0 aliphatic carbocycles. The van der Waals surface area contributed by atoms with E-state index < -0.39 is 0 Å². The number of aliphatic hydroxyl groups is 1. The zero-order chi connectivity index (χ0) is 14.3. The Balaban J connectivity index is 2.72. The SMILES string of the molecule is CCN[C@@H](CO)CN(C)[C@@H](C)c1ccccc1OC. The maximum Gasteiger partial charge on any atom is 0.123 e. The van der Waals surface area contributed by atoms with Crippen LogP contribution in [0.1, 0.15) is 25.5 Å². The average molecular weight is 266 g/mol. The molecule has 0 spiro atoms. The summed E-state index contributed by atoms with van der Waals surface area (Å²) in [6.45, 7) is 6.01. The van der Waals surface area contributed by atoms with Crippen molar-refractivity contribution in [2.24, 2.45) is 0 Å². The van der Waals surface area contributed by atoms with E-state index >= 15 is 0 Å². The van der Waals surface area contributed by atoms with Crippen LogP contribution in [0.15, 0.2) is 24.3 Å². The fourth-order valence-electron chi connectivity index (χ4n) is 2.23. The Morgan fingerprint density at radius 3 is 2.63 bits per heavy atom. The highest BCUT2D eigenvalue weighted by atomic mass is 16.5. The molecule has 4 nitrogen and oxygen atoms in total. The third-order valence-electron chi connectivity index (χ3n) is 3.47. The van der Waals surface area contributed by atoms with E-state index in [1.54, 1.807) is 7.11 Å². The molecule has 0 bridgehead atoms. The van der Waals surface area contributed by atoms with Crippen molar-refractivity contribution in [3.05, 3.63) is 29.8 Å². The largest absolute Gasteiger partial charge is 0.496 e. The summed E-state index contributed by atoms with van der Waals surface area (Å²) >= 11 is 0. The van der Waals surface area contributed by atoms with Crippen molar-refractivity contribution in [3.63, 3.8) is 0 Å². The lowest BCUT2D eigenvalue weighted by Gasteiger charge is -2.29. The van der Waals surface area contributed by atoms with E-state index in [4.69, 9.17) is 4.74 Å².